The molecule has 0 aromatic heterocycles. The highest BCUT2D eigenvalue weighted by atomic mass is 32.1. The van der Waals surface area contributed by atoms with Gasteiger partial charge < -0.3 is 4.84 Å². The van der Waals surface area contributed by atoms with Crippen LogP contribution in [0.25, 0.3) is 0 Å². The summed E-state index contributed by atoms with van der Waals surface area (Å²) < 4.78 is 1.11. The van der Waals surface area contributed by atoms with E-state index in [2.05, 4.69) is 12.8 Å². The van der Waals surface area contributed by atoms with Crippen LogP contribution in [0.2, 0.25) is 0 Å². The topological polar surface area (TPSA) is 29.5 Å². The van der Waals surface area contributed by atoms with Gasteiger partial charge in [-0.15, -0.1) is 0 Å². The van der Waals surface area contributed by atoms with Crippen molar-refractivity contribution in [3.63, 3.8) is 0 Å². The first-order valence-corrected chi connectivity index (χ1v) is 3.95. The van der Waals surface area contributed by atoms with Crippen LogP contribution in [0.1, 0.15) is 27.2 Å². The van der Waals surface area contributed by atoms with Crippen molar-refractivity contribution in [2.45, 2.75) is 27.2 Å². The van der Waals surface area contributed by atoms with Crippen LogP contribution in [0.5, 0.6) is 0 Å². The van der Waals surface area contributed by atoms with Crippen molar-refractivity contribution >= 4 is 18.8 Å². The van der Waals surface area contributed by atoms with Gasteiger partial charge in [0.05, 0.1) is 5.41 Å². The van der Waals surface area contributed by atoms with Crippen LogP contribution in [0.4, 0.5) is 0 Å². The molecule has 0 atom stereocenters. The molecule has 3 nitrogen and oxygen atoms in total. The number of hydrogen-bond acceptors (Lipinski definition) is 4. The van der Waals surface area contributed by atoms with Crippen LogP contribution in [-0.2, 0) is 9.63 Å². The lowest BCUT2D eigenvalue weighted by Crippen LogP contribution is -2.29. The minimum atomic E-state index is -0.420. The Hall–Kier alpha value is -0.220. The first kappa shape index (κ1) is 10.8. The van der Waals surface area contributed by atoms with E-state index in [9.17, 15) is 4.79 Å². The minimum Gasteiger partial charge on any atom is -0.357 e. The van der Waals surface area contributed by atoms with Crippen molar-refractivity contribution in [3.8, 4) is 0 Å². The van der Waals surface area contributed by atoms with Crippen LogP contribution in [-0.4, -0.2) is 17.5 Å². The van der Waals surface area contributed by atoms with Gasteiger partial charge in [-0.2, -0.15) is 0 Å². The van der Waals surface area contributed by atoms with Gasteiger partial charge in [0, 0.05) is 7.05 Å². The van der Waals surface area contributed by atoms with Crippen LogP contribution in [0, 0.1) is 5.41 Å². The Labute approximate surface area is 73.2 Å². The highest BCUT2D eigenvalue weighted by Crippen LogP contribution is 2.21. The fourth-order valence-electron chi connectivity index (χ4n) is 0.388. The van der Waals surface area contributed by atoms with Crippen LogP contribution in [0.15, 0.2) is 0 Å². The molecule has 4 heteroatoms. The lowest BCUT2D eigenvalue weighted by Gasteiger charge is -2.21. The largest absolute Gasteiger partial charge is 0.357 e. The summed E-state index contributed by atoms with van der Waals surface area (Å²) in [6.07, 6.45) is 0.757. The fraction of sp³-hybridized carbons (Fsp3) is 0.857. The van der Waals surface area contributed by atoms with Gasteiger partial charge >= 0.3 is 5.97 Å². The van der Waals surface area contributed by atoms with E-state index in [-0.39, 0.29) is 5.97 Å². The fourth-order valence-corrected chi connectivity index (χ4v) is 0.462. The molecule has 0 amide bonds. The summed E-state index contributed by atoms with van der Waals surface area (Å²) in [6.45, 7) is 5.62. The second-order valence-corrected chi connectivity index (χ2v) is 3.64. The predicted molar refractivity (Wildman–Crippen MR) is 46.9 cm³/mol. The molecule has 0 bridgehead atoms. The summed E-state index contributed by atoms with van der Waals surface area (Å²) in [6, 6.07) is 0. The van der Waals surface area contributed by atoms with E-state index in [0.717, 1.165) is 10.9 Å². The molecule has 0 radical (unpaired) electrons. The average molecular weight is 177 g/mol. The quantitative estimate of drug-likeness (QED) is 0.525. The highest BCUT2D eigenvalue weighted by molar-refractivity contribution is 7.77. The van der Waals surface area contributed by atoms with E-state index in [4.69, 9.17) is 4.84 Å². The zero-order valence-electron chi connectivity index (χ0n) is 7.42. The monoisotopic (exact) mass is 177 g/mol. The Morgan fingerprint density at radius 2 is 2.09 bits per heavy atom. The van der Waals surface area contributed by atoms with Gasteiger partial charge in [-0.1, -0.05) is 24.2 Å². The minimum absolute atomic E-state index is 0.252. The van der Waals surface area contributed by atoms with Crippen molar-refractivity contribution in [3.05, 3.63) is 0 Å². The average Bonchev–Trinajstić information content (AvgIpc) is 1.86. The SMILES string of the molecule is CCC(C)(C)C(=O)ON(C)S. The van der Waals surface area contributed by atoms with Gasteiger partial charge in [0.2, 0.25) is 0 Å². The van der Waals surface area contributed by atoms with Crippen LogP contribution >= 0.6 is 12.8 Å². The molecule has 0 rings (SSSR count). The summed E-state index contributed by atoms with van der Waals surface area (Å²) >= 11 is 3.80. The van der Waals surface area contributed by atoms with Gasteiger partial charge in [-0.3, -0.25) is 0 Å². The lowest BCUT2D eigenvalue weighted by atomic mass is 9.91. The maximum absolute atomic E-state index is 11.2. The number of rotatable bonds is 3. The molecule has 0 heterocycles. The summed E-state index contributed by atoms with van der Waals surface area (Å²) in [5.74, 6) is -0.252. The summed E-state index contributed by atoms with van der Waals surface area (Å²) in [5.41, 5.74) is -0.420. The summed E-state index contributed by atoms with van der Waals surface area (Å²) in [4.78, 5) is 16.0. The third kappa shape index (κ3) is 3.62. The molecule has 11 heavy (non-hydrogen) atoms. The second-order valence-electron chi connectivity index (χ2n) is 3.08. The summed E-state index contributed by atoms with van der Waals surface area (Å²) in [5, 5.41) is 0. The number of carbonyl (C=O) groups excluding carboxylic acids is 1. The first-order chi connectivity index (χ1) is 4.90. The zero-order valence-corrected chi connectivity index (χ0v) is 8.31. The molecule has 0 aromatic carbocycles. The number of thiol groups is 1. The van der Waals surface area contributed by atoms with E-state index >= 15 is 0 Å². The van der Waals surface area contributed by atoms with Crippen molar-refractivity contribution in [2.24, 2.45) is 5.41 Å². The van der Waals surface area contributed by atoms with E-state index in [1.54, 1.807) is 7.05 Å². The predicted octanol–water partition coefficient (Wildman–Crippen LogP) is 1.66. The molecule has 0 spiro atoms. The standard InChI is InChI=1S/C7H15NO2S/c1-5-7(2,3)6(9)10-8(4)11/h11H,5H2,1-4H3. The molecule has 0 aliphatic carbocycles. The molecule has 66 valence electrons. The number of carbonyl (C=O) groups is 1. The Balaban J connectivity index is 4.02. The lowest BCUT2D eigenvalue weighted by molar-refractivity contribution is -0.175. The highest BCUT2D eigenvalue weighted by Gasteiger charge is 2.28. The zero-order chi connectivity index (χ0) is 9.07. The van der Waals surface area contributed by atoms with Gasteiger partial charge in [-0.05, 0) is 20.3 Å². The molecular weight excluding hydrogens is 162 g/mol. The van der Waals surface area contributed by atoms with E-state index in [1.807, 2.05) is 20.8 Å². The van der Waals surface area contributed by atoms with Gasteiger partial charge in [0.25, 0.3) is 0 Å². The third-order valence-electron chi connectivity index (χ3n) is 1.65. The molecule has 0 saturated heterocycles. The molecule has 0 aliphatic rings. The van der Waals surface area contributed by atoms with E-state index in [1.165, 1.54) is 0 Å². The van der Waals surface area contributed by atoms with Crippen molar-refractivity contribution in [1.82, 2.24) is 4.47 Å². The van der Waals surface area contributed by atoms with Gasteiger partial charge in [0.15, 0.2) is 0 Å². The molecule has 0 saturated carbocycles. The Bertz CT molecular complexity index is 145. The Morgan fingerprint density at radius 1 is 1.64 bits per heavy atom. The smallest absolute Gasteiger partial charge is 0.331 e. The van der Waals surface area contributed by atoms with Gasteiger partial charge in [0.1, 0.15) is 0 Å². The molecule has 0 unspecified atom stereocenters. The molecule has 0 N–H and O–H groups in total. The number of hydroxylamine groups is 1. The van der Waals surface area contributed by atoms with Crippen molar-refractivity contribution < 1.29 is 9.63 Å². The van der Waals surface area contributed by atoms with Crippen molar-refractivity contribution in [2.75, 3.05) is 7.05 Å². The third-order valence-corrected chi connectivity index (χ3v) is 1.73. The van der Waals surface area contributed by atoms with Gasteiger partial charge in [-0.25, -0.2) is 4.79 Å². The number of nitrogens with zero attached hydrogens (tertiary/aromatic N) is 1. The van der Waals surface area contributed by atoms with Crippen molar-refractivity contribution in [1.29, 1.82) is 0 Å². The first-order valence-electron chi connectivity index (χ1n) is 3.55. The van der Waals surface area contributed by atoms with E-state index < -0.39 is 5.41 Å². The Morgan fingerprint density at radius 3 is 2.36 bits per heavy atom. The Kier molecular flexibility index (Phi) is 3.89. The second kappa shape index (κ2) is 3.97. The van der Waals surface area contributed by atoms with Crippen LogP contribution in [0.3, 0.4) is 0 Å². The molecule has 0 aliphatic heterocycles. The van der Waals surface area contributed by atoms with E-state index in [0.29, 0.717) is 0 Å². The normalized spacial score (nSPS) is 11.8. The number of hydrogen-bond donors (Lipinski definition) is 1. The molecule has 0 fully saturated rings. The molecule has 0 aromatic rings. The summed E-state index contributed by atoms with van der Waals surface area (Å²) in [7, 11) is 1.56. The maximum atomic E-state index is 11.2. The van der Waals surface area contributed by atoms with Crippen LogP contribution < -0.4 is 0 Å². The molecular formula is C7H15NO2S. The maximum Gasteiger partial charge on any atom is 0.331 e.